The van der Waals surface area contributed by atoms with Crippen molar-refractivity contribution < 1.29 is 0 Å². The van der Waals surface area contributed by atoms with Crippen molar-refractivity contribution in [2.45, 2.75) is 19.8 Å². The molecular weight excluding hydrogens is 244 g/mol. The number of thiocarbonyl (C=S) groups is 1. The molecular formula is C13H18N4S. The van der Waals surface area contributed by atoms with Crippen LogP contribution >= 0.6 is 12.2 Å². The molecule has 1 saturated heterocycles. The van der Waals surface area contributed by atoms with Crippen molar-refractivity contribution in [1.82, 2.24) is 5.43 Å². The van der Waals surface area contributed by atoms with Crippen LogP contribution in [-0.4, -0.2) is 24.4 Å². The second-order valence-electron chi connectivity index (χ2n) is 4.47. The lowest BCUT2D eigenvalue weighted by atomic mass is 10.1. The van der Waals surface area contributed by atoms with Crippen LogP contribution in [0, 0.1) is 6.92 Å². The van der Waals surface area contributed by atoms with Crippen LogP contribution in [0.15, 0.2) is 23.3 Å². The summed E-state index contributed by atoms with van der Waals surface area (Å²) in [5.41, 5.74) is 11.5. The molecule has 4 nitrogen and oxygen atoms in total. The van der Waals surface area contributed by atoms with Gasteiger partial charge in [0, 0.05) is 18.8 Å². The minimum Gasteiger partial charge on any atom is -0.375 e. The van der Waals surface area contributed by atoms with Gasteiger partial charge in [-0.25, -0.2) is 0 Å². The highest BCUT2D eigenvalue weighted by Gasteiger charge is 2.13. The van der Waals surface area contributed by atoms with Gasteiger partial charge in [-0.3, -0.25) is 5.43 Å². The van der Waals surface area contributed by atoms with Gasteiger partial charge in [-0.15, -0.1) is 0 Å². The summed E-state index contributed by atoms with van der Waals surface area (Å²) in [6, 6.07) is 6.34. The lowest BCUT2D eigenvalue weighted by Gasteiger charge is -2.20. The fraction of sp³-hybridized carbons (Fsp3) is 0.385. The van der Waals surface area contributed by atoms with Gasteiger partial charge < -0.3 is 10.6 Å². The monoisotopic (exact) mass is 262 g/mol. The van der Waals surface area contributed by atoms with E-state index in [9.17, 15) is 0 Å². The average molecular weight is 262 g/mol. The molecule has 3 N–H and O–H groups in total. The van der Waals surface area contributed by atoms with Crippen LogP contribution in [-0.2, 0) is 0 Å². The molecule has 96 valence electrons. The van der Waals surface area contributed by atoms with E-state index in [1.807, 2.05) is 0 Å². The van der Waals surface area contributed by atoms with Gasteiger partial charge in [0.1, 0.15) is 0 Å². The standard InChI is InChI=1S/C13H18N4S/c1-10-8-11(9-15-16-13(14)18)4-5-12(10)17-6-2-3-7-17/h4-5,8-9H,2-3,6-7H2,1H3,(H3,14,16,18). The molecule has 0 saturated carbocycles. The zero-order valence-electron chi connectivity index (χ0n) is 10.5. The van der Waals surface area contributed by atoms with Crippen LogP contribution in [0.3, 0.4) is 0 Å². The van der Waals surface area contributed by atoms with Gasteiger partial charge >= 0.3 is 0 Å². The number of rotatable bonds is 3. The zero-order chi connectivity index (χ0) is 13.0. The molecule has 1 aliphatic heterocycles. The van der Waals surface area contributed by atoms with Crippen molar-refractivity contribution in [2.75, 3.05) is 18.0 Å². The SMILES string of the molecule is Cc1cc(C=NNC(N)=S)ccc1N1CCCC1. The average Bonchev–Trinajstić information content (AvgIpc) is 2.82. The Hall–Kier alpha value is -1.62. The number of benzene rings is 1. The largest absolute Gasteiger partial charge is 0.375 e. The van der Waals surface area contributed by atoms with Gasteiger partial charge in [0.25, 0.3) is 0 Å². The van der Waals surface area contributed by atoms with E-state index in [0.717, 1.165) is 18.7 Å². The van der Waals surface area contributed by atoms with Crippen molar-refractivity contribution in [1.29, 1.82) is 0 Å². The Morgan fingerprint density at radius 3 is 2.78 bits per heavy atom. The molecule has 0 radical (unpaired) electrons. The van der Waals surface area contributed by atoms with Gasteiger partial charge in [-0.05, 0) is 55.2 Å². The maximum absolute atomic E-state index is 5.29. The maximum atomic E-state index is 5.29. The van der Waals surface area contributed by atoms with Gasteiger partial charge in [-0.2, -0.15) is 5.10 Å². The predicted molar refractivity (Wildman–Crippen MR) is 80.1 cm³/mol. The Morgan fingerprint density at radius 1 is 1.44 bits per heavy atom. The first kappa shape index (κ1) is 12.8. The van der Waals surface area contributed by atoms with E-state index < -0.39 is 0 Å². The van der Waals surface area contributed by atoms with Gasteiger partial charge in [-0.1, -0.05) is 6.07 Å². The summed E-state index contributed by atoms with van der Waals surface area (Å²) in [5.74, 6) is 0. The first-order valence-electron chi connectivity index (χ1n) is 6.11. The van der Waals surface area contributed by atoms with E-state index in [4.69, 9.17) is 5.73 Å². The van der Waals surface area contributed by atoms with E-state index in [2.05, 4.69) is 52.8 Å². The van der Waals surface area contributed by atoms with Crippen LogP contribution in [0.4, 0.5) is 5.69 Å². The molecule has 2 rings (SSSR count). The molecule has 1 aromatic rings. The van der Waals surface area contributed by atoms with Crippen LogP contribution in [0.1, 0.15) is 24.0 Å². The lowest BCUT2D eigenvalue weighted by Crippen LogP contribution is -2.24. The molecule has 0 spiro atoms. The molecule has 1 aromatic carbocycles. The van der Waals surface area contributed by atoms with E-state index >= 15 is 0 Å². The molecule has 0 aromatic heterocycles. The normalized spacial score (nSPS) is 15.3. The Bertz CT molecular complexity index is 464. The zero-order valence-corrected chi connectivity index (χ0v) is 11.3. The van der Waals surface area contributed by atoms with E-state index in [0.29, 0.717) is 0 Å². The molecule has 0 bridgehead atoms. The van der Waals surface area contributed by atoms with Crippen LogP contribution < -0.4 is 16.1 Å². The molecule has 5 heteroatoms. The molecule has 0 atom stereocenters. The van der Waals surface area contributed by atoms with Crippen LogP contribution in [0.5, 0.6) is 0 Å². The summed E-state index contributed by atoms with van der Waals surface area (Å²) in [4.78, 5) is 2.43. The molecule has 0 unspecified atom stereocenters. The highest BCUT2D eigenvalue weighted by Crippen LogP contribution is 2.24. The van der Waals surface area contributed by atoms with Crippen LogP contribution in [0.25, 0.3) is 0 Å². The summed E-state index contributed by atoms with van der Waals surface area (Å²) in [6.45, 7) is 4.46. The lowest BCUT2D eigenvalue weighted by molar-refractivity contribution is 0.949. The van der Waals surface area contributed by atoms with Gasteiger partial charge in [0.05, 0.1) is 6.21 Å². The Balaban J connectivity index is 2.09. The van der Waals surface area contributed by atoms with Crippen molar-refractivity contribution in [2.24, 2.45) is 10.8 Å². The third-order valence-electron chi connectivity index (χ3n) is 3.06. The molecule has 0 aliphatic carbocycles. The highest BCUT2D eigenvalue weighted by molar-refractivity contribution is 7.80. The van der Waals surface area contributed by atoms with Crippen molar-refractivity contribution >= 4 is 29.2 Å². The predicted octanol–water partition coefficient (Wildman–Crippen LogP) is 1.76. The number of nitrogens with two attached hydrogens (primary N) is 1. The fourth-order valence-corrected chi connectivity index (χ4v) is 2.29. The number of hydrazone groups is 1. The number of hydrogen-bond acceptors (Lipinski definition) is 3. The molecule has 0 amide bonds. The first-order valence-corrected chi connectivity index (χ1v) is 6.52. The third kappa shape index (κ3) is 3.20. The highest BCUT2D eigenvalue weighted by atomic mass is 32.1. The summed E-state index contributed by atoms with van der Waals surface area (Å²) < 4.78 is 0. The van der Waals surface area contributed by atoms with Crippen LogP contribution in [0.2, 0.25) is 0 Å². The Labute approximate surface area is 113 Å². The smallest absolute Gasteiger partial charge is 0.184 e. The van der Waals surface area contributed by atoms with Gasteiger partial charge in [0.2, 0.25) is 0 Å². The second-order valence-corrected chi connectivity index (χ2v) is 4.91. The number of anilines is 1. The number of hydrogen-bond donors (Lipinski definition) is 2. The van der Waals surface area contributed by atoms with Crippen molar-refractivity contribution in [3.05, 3.63) is 29.3 Å². The van der Waals surface area contributed by atoms with Gasteiger partial charge in [0.15, 0.2) is 5.11 Å². The molecule has 1 fully saturated rings. The minimum absolute atomic E-state index is 0.177. The van der Waals surface area contributed by atoms with Crippen molar-refractivity contribution in [3.63, 3.8) is 0 Å². The molecule has 18 heavy (non-hydrogen) atoms. The number of nitrogens with one attached hydrogen (secondary N) is 1. The summed E-state index contributed by atoms with van der Waals surface area (Å²) in [7, 11) is 0. The van der Waals surface area contributed by atoms with E-state index in [-0.39, 0.29) is 5.11 Å². The van der Waals surface area contributed by atoms with E-state index in [1.54, 1.807) is 6.21 Å². The molecule has 1 heterocycles. The Morgan fingerprint density at radius 2 is 2.17 bits per heavy atom. The third-order valence-corrected chi connectivity index (χ3v) is 3.15. The first-order chi connectivity index (χ1) is 8.66. The molecule has 1 aliphatic rings. The topological polar surface area (TPSA) is 53.6 Å². The summed E-state index contributed by atoms with van der Waals surface area (Å²) >= 11 is 4.68. The van der Waals surface area contributed by atoms with Crippen molar-refractivity contribution in [3.8, 4) is 0 Å². The summed E-state index contributed by atoms with van der Waals surface area (Å²) in [5, 5.41) is 4.13. The number of nitrogens with zero attached hydrogens (tertiary/aromatic N) is 2. The second kappa shape index (κ2) is 5.82. The fourth-order valence-electron chi connectivity index (χ4n) is 2.24. The maximum Gasteiger partial charge on any atom is 0.184 e. The Kier molecular flexibility index (Phi) is 4.15. The summed E-state index contributed by atoms with van der Waals surface area (Å²) in [6.07, 6.45) is 4.31. The number of aryl methyl sites for hydroxylation is 1. The van der Waals surface area contributed by atoms with E-state index in [1.165, 1.54) is 24.1 Å². The quantitative estimate of drug-likeness (QED) is 0.495. The minimum atomic E-state index is 0.177.